The van der Waals surface area contributed by atoms with Crippen LogP contribution in [0.1, 0.15) is 39.1 Å². The van der Waals surface area contributed by atoms with Crippen LogP contribution in [-0.2, 0) is 6.18 Å². The first-order valence-electron chi connectivity index (χ1n) is 10.7. The lowest BCUT2D eigenvalue weighted by molar-refractivity contribution is -0.137. The van der Waals surface area contributed by atoms with Gasteiger partial charge in [0.25, 0.3) is 0 Å². The molecule has 0 spiro atoms. The second-order valence-corrected chi connectivity index (χ2v) is 8.03. The largest absolute Gasteiger partial charge is 0.495 e. The van der Waals surface area contributed by atoms with E-state index in [0.29, 0.717) is 33.9 Å². The lowest BCUT2D eigenvalue weighted by Crippen LogP contribution is -2.09. The summed E-state index contributed by atoms with van der Waals surface area (Å²) in [5.41, 5.74) is 5.34. The summed E-state index contributed by atoms with van der Waals surface area (Å²) >= 11 is 0. The average molecular weight is 477 g/mol. The van der Waals surface area contributed by atoms with Gasteiger partial charge in [-0.05, 0) is 73.7 Å². The number of methoxy groups -OCH3 is 1. The van der Waals surface area contributed by atoms with Crippen molar-refractivity contribution < 1.29 is 17.9 Å². The van der Waals surface area contributed by atoms with E-state index in [1.54, 1.807) is 29.0 Å². The molecule has 0 bridgehead atoms. The van der Waals surface area contributed by atoms with Gasteiger partial charge in [-0.2, -0.15) is 18.3 Å². The predicted molar refractivity (Wildman–Crippen MR) is 130 cm³/mol. The lowest BCUT2D eigenvalue weighted by atomic mass is 9.91. The second-order valence-electron chi connectivity index (χ2n) is 8.03. The summed E-state index contributed by atoms with van der Waals surface area (Å²) in [7, 11) is 1.53. The van der Waals surface area contributed by atoms with E-state index in [0.717, 1.165) is 28.8 Å². The second kappa shape index (κ2) is 9.18. The molecule has 178 valence electrons. The van der Waals surface area contributed by atoms with Crippen LogP contribution in [0.4, 0.5) is 18.9 Å². The molecule has 0 fully saturated rings. The summed E-state index contributed by atoms with van der Waals surface area (Å²) in [6.07, 6.45) is -1.14. The Bertz CT molecular complexity index is 1510. The molecule has 4 rings (SSSR count). The monoisotopic (exact) mass is 476 g/mol. The summed E-state index contributed by atoms with van der Waals surface area (Å²) in [4.78, 5) is 4.31. The van der Waals surface area contributed by atoms with Crippen molar-refractivity contribution in [2.75, 3.05) is 12.4 Å². The van der Waals surface area contributed by atoms with E-state index in [4.69, 9.17) is 4.74 Å². The number of hydrogen-bond acceptors (Lipinski definition) is 4. The van der Waals surface area contributed by atoms with Gasteiger partial charge in [0.2, 0.25) is 0 Å². The molecule has 0 unspecified atom stereocenters. The molecule has 1 N–H and O–H groups in total. The van der Waals surface area contributed by atoms with Crippen molar-refractivity contribution in [3.8, 4) is 17.6 Å². The van der Waals surface area contributed by atoms with Crippen molar-refractivity contribution in [2.45, 2.75) is 26.9 Å². The van der Waals surface area contributed by atoms with Crippen molar-refractivity contribution in [1.82, 2.24) is 14.6 Å². The highest BCUT2D eigenvalue weighted by Gasteiger charge is 2.30. The molecule has 2 aromatic heterocycles. The minimum absolute atomic E-state index is 0.272. The van der Waals surface area contributed by atoms with Crippen LogP contribution in [0.15, 0.2) is 55.4 Å². The smallest absolute Gasteiger partial charge is 0.416 e. The van der Waals surface area contributed by atoms with E-state index < -0.39 is 11.7 Å². The van der Waals surface area contributed by atoms with E-state index >= 15 is 0 Å². The molecule has 0 saturated carbocycles. The number of fused-ring (bicyclic) bond motifs is 1. The predicted octanol–water partition coefficient (Wildman–Crippen LogP) is 6.16. The number of nitrogens with zero attached hydrogens (tertiary/aromatic N) is 3. The number of imidazole rings is 1. The quantitative estimate of drug-likeness (QED) is 0.358. The van der Waals surface area contributed by atoms with Crippen LogP contribution in [0.2, 0.25) is 0 Å². The molecule has 0 aliphatic heterocycles. The van der Waals surface area contributed by atoms with E-state index in [1.165, 1.54) is 13.2 Å². The van der Waals surface area contributed by atoms with E-state index in [9.17, 15) is 13.2 Å². The van der Waals surface area contributed by atoms with E-state index in [1.807, 2.05) is 26.8 Å². The topological polar surface area (TPSA) is 51.5 Å². The van der Waals surface area contributed by atoms with Gasteiger partial charge in [0.15, 0.2) is 5.65 Å². The number of halogens is 3. The highest BCUT2D eigenvalue weighted by Crippen LogP contribution is 2.38. The van der Waals surface area contributed by atoms with Gasteiger partial charge in [0.1, 0.15) is 11.4 Å². The van der Waals surface area contributed by atoms with Gasteiger partial charge in [-0.25, -0.2) is 9.50 Å². The Morgan fingerprint density at radius 3 is 2.54 bits per heavy atom. The first-order valence-corrected chi connectivity index (χ1v) is 10.7. The molecule has 35 heavy (non-hydrogen) atoms. The summed E-state index contributed by atoms with van der Waals surface area (Å²) < 4.78 is 46.9. The molecule has 4 aromatic rings. The molecule has 0 aliphatic carbocycles. The molecular weight excluding hydrogens is 453 g/mol. The maximum Gasteiger partial charge on any atom is 0.416 e. The van der Waals surface area contributed by atoms with Crippen LogP contribution < -0.4 is 10.1 Å². The molecule has 8 heteroatoms. The number of benzene rings is 2. The van der Waals surface area contributed by atoms with Crippen LogP contribution in [0.5, 0.6) is 5.75 Å². The van der Waals surface area contributed by atoms with Crippen molar-refractivity contribution in [3.63, 3.8) is 0 Å². The Kier molecular flexibility index (Phi) is 6.27. The minimum Gasteiger partial charge on any atom is -0.495 e. The number of nitrogens with one attached hydrogen (secondary N) is 1. The first-order chi connectivity index (χ1) is 16.6. The molecule has 0 amide bonds. The van der Waals surface area contributed by atoms with Crippen molar-refractivity contribution in [3.05, 3.63) is 94.4 Å². The van der Waals surface area contributed by atoms with Crippen molar-refractivity contribution >= 4 is 17.0 Å². The Labute approximate surface area is 201 Å². The number of alkyl halides is 3. The van der Waals surface area contributed by atoms with Crippen LogP contribution in [0.25, 0.3) is 11.3 Å². The maximum absolute atomic E-state index is 13.2. The third-order valence-corrected chi connectivity index (χ3v) is 5.91. The lowest BCUT2D eigenvalue weighted by Gasteiger charge is -2.21. The molecule has 2 aromatic carbocycles. The van der Waals surface area contributed by atoms with Gasteiger partial charge >= 0.3 is 6.18 Å². The molecule has 2 heterocycles. The Balaban J connectivity index is 1.79. The van der Waals surface area contributed by atoms with Gasteiger partial charge in [0, 0.05) is 23.1 Å². The summed E-state index contributed by atoms with van der Waals surface area (Å²) in [6, 6.07) is 8.61. The van der Waals surface area contributed by atoms with E-state index in [2.05, 4.69) is 33.8 Å². The van der Waals surface area contributed by atoms with Gasteiger partial charge in [-0.15, -0.1) is 0 Å². The zero-order valence-electron chi connectivity index (χ0n) is 19.7. The van der Waals surface area contributed by atoms with Crippen LogP contribution >= 0.6 is 0 Å². The van der Waals surface area contributed by atoms with Gasteiger partial charge in [-0.3, -0.25) is 0 Å². The average Bonchev–Trinajstić information content (AvgIpc) is 3.24. The normalized spacial score (nSPS) is 11.2. The summed E-state index contributed by atoms with van der Waals surface area (Å²) in [6.45, 7) is 9.94. The maximum atomic E-state index is 13.2. The van der Waals surface area contributed by atoms with Crippen molar-refractivity contribution in [2.24, 2.45) is 0 Å². The fraction of sp³-hybridized carbons (Fsp3) is 0.185. The Morgan fingerprint density at radius 2 is 1.83 bits per heavy atom. The van der Waals surface area contributed by atoms with Gasteiger partial charge < -0.3 is 10.1 Å². The molecule has 0 radical (unpaired) electrons. The highest BCUT2D eigenvalue weighted by molar-refractivity contribution is 5.83. The highest BCUT2D eigenvalue weighted by atomic mass is 19.4. The third kappa shape index (κ3) is 4.58. The van der Waals surface area contributed by atoms with Crippen LogP contribution in [-0.4, -0.2) is 21.7 Å². The summed E-state index contributed by atoms with van der Waals surface area (Å²) in [5, 5.41) is 7.29. The Hall–Kier alpha value is -4.25. The number of rotatable bonds is 4. The standard InChI is InChI=1S/C27H23F3N4O/c1-16-17(2)23(12-11-22-15-31-24-10-7-13-32-34(22)24)26(35-5)25(18(16)3)19(4)33-21-9-6-8-20(14-21)27(28,29)30/h6-10,13-15,33H,4H2,1-3,5H3. The molecular formula is C27H23F3N4O. The number of ether oxygens (including phenoxy) is 1. The summed E-state index contributed by atoms with van der Waals surface area (Å²) in [5.74, 6) is 6.80. The van der Waals surface area contributed by atoms with Gasteiger partial charge in [0.05, 0.1) is 24.4 Å². The molecule has 0 atom stereocenters. The van der Waals surface area contributed by atoms with Crippen molar-refractivity contribution in [1.29, 1.82) is 0 Å². The van der Waals surface area contributed by atoms with E-state index in [-0.39, 0.29) is 5.69 Å². The Morgan fingerprint density at radius 1 is 1.06 bits per heavy atom. The zero-order chi connectivity index (χ0) is 25.3. The van der Waals surface area contributed by atoms with Crippen LogP contribution in [0, 0.1) is 32.6 Å². The third-order valence-electron chi connectivity index (χ3n) is 5.91. The number of anilines is 1. The fourth-order valence-corrected chi connectivity index (χ4v) is 3.89. The number of hydrogen-bond donors (Lipinski definition) is 1. The SMILES string of the molecule is C=C(Nc1cccc(C(F)(F)F)c1)c1c(C)c(C)c(C)c(C#Cc2cnc3cccnn23)c1OC. The molecule has 0 aliphatic rings. The van der Waals surface area contributed by atoms with Gasteiger partial charge in [-0.1, -0.05) is 18.6 Å². The first kappa shape index (κ1) is 23.9. The molecule has 5 nitrogen and oxygen atoms in total. The zero-order valence-corrected chi connectivity index (χ0v) is 19.7. The fourth-order valence-electron chi connectivity index (χ4n) is 3.89. The molecule has 0 saturated heterocycles. The minimum atomic E-state index is -4.44. The van der Waals surface area contributed by atoms with Crippen LogP contribution in [0.3, 0.4) is 0 Å². The number of aromatic nitrogens is 3.